The maximum atomic E-state index is 12.6. The minimum absolute atomic E-state index is 0.0226. The summed E-state index contributed by atoms with van der Waals surface area (Å²) in [5.41, 5.74) is 5.61. The molecule has 1 aromatic heterocycles. The van der Waals surface area contributed by atoms with Crippen molar-refractivity contribution in [2.24, 2.45) is 0 Å². The summed E-state index contributed by atoms with van der Waals surface area (Å²) in [6.45, 7) is 0. The fourth-order valence-electron chi connectivity index (χ4n) is 5.99. The van der Waals surface area contributed by atoms with Gasteiger partial charge in [0, 0.05) is 28.6 Å². The minimum Gasteiger partial charge on any atom is -0.481 e. The number of ether oxygens (including phenoxy) is 1. The van der Waals surface area contributed by atoms with Gasteiger partial charge >= 0.3 is 12.3 Å². The smallest absolute Gasteiger partial charge is 0.481 e. The van der Waals surface area contributed by atoms with E-state index in [9.17, 15) is 18.0 Å². The van der Waals surface area contributed by atoms with Crippen molar-refractivity contribution in [1.29, 1.82) is 0 Å². The number of benzene rings is 3. The first-order valence-electron chi connectivity index (χ1n) is 12.8. The Morgan fingerprint density at radius 1 is 1.15 bits per heavy atom. The van der Waals surface area contributed by atoms with E-state index in [0.29, 0.717) is 18.1 Å². The zero-order valence-corrected chi connectivity index (χ0v) is 21.5. The van der Waals surface area contributed by atoms with Crippen LogP contribution < -0.4 is 10.1 Å². The molecule has 0 amide bonds. The average molecular weight is 556 g/mol. The Kier molecular flexibility index (Phi) is 6.21. The zero-order chi connectivity index (χ0) is 27.4. The number of nitrogens with zero attached hydrogens (tertiary/aromatic N) is 2. The third-order valence-electron chi connectivity index (χ3n) is 7.75. The van der Waals surface area contributed by atoms with Crippen LogP contribution in [0.5, 0.6) is 5.75 Å². The molecule has 0 radical (unpaired) electrons. The van der Waals surface area contributed by atoms with Crippen LogP contribution in [0.1, 0.15) is 48.4 Å². The van der Waals surface area contributed by atoms with Crippen LogP contribution in [0.15, 0.2) is 60.7 Å². The molecule has 6 rings (SSSR count). The Bertz CT molecular complexity index is 1570. The number of fused-ring (bicyclic) bond motifs is 3. The lowest BCUT2D eigenvalue weighted by molar-refractivity contribution is -0.274. The van der Waals surface area contributed by atoms with Gasteiger partial charge in [-0.25, -0.2) is 4.98 Å². The van der Waals surface area contributed by atoms with Crippen molar-refractivity contribution in [3.8, 4) is 5.75 Å². The second kappa shape index (κ2) is 9.48. The van der Waals surface area contributed by atoms with Gasteiger partial charge in [0.15, 0.2) is 0 Å². The normalized spacial score (nSPS) is 20.2. The number of carboxylic acid groups (broad SMARTS) is 1. The molecule has 0 saturated heterocycles. The van der Waals surface area contributed by atoms with Crippen molar-refractivity contribution in [2.75, 3.05) is 5.32 Å². The van der Waals surface area contributed by atoms with Crippen LogP contribution in [-0.4, -0.2) is 27.0 Å². The van der Waals surface area contributed by atoms with Crippen molar-refractivity contribution in [3.63, 3.8) is 0 Å². The summed E-state index contributed by atoms with van der Waals surface area (Å²) in [6.07, 6.45) is -0.342. The van der Waals surface area contributed by atoms with Gasteiger partial charge in [0.2, 0.25) is 5.95 Å². The van der Waals surface area contributed by atoms with Gasteiger partial charge in [-0.2, -0.15) is 0 Å². The highest BCUT2D eigenvalue weighted by Crippen LogP contribution is 2.64. The van der Waals surface area contributed by atoms with Gasteiger partial charge in [-0.1, -0.05) is 23.7 Å². The quantitative estimate of drug-likeness (QED) is 0.246. The highest BCUT2D eigenvalue weighted by Gasteiger charge is 2.58. The molecule has 202 valence electrons. The monoisotopic (exact) mass is 555 g/mol. The number of hydrogen-bond acceptors (Lipinski definition) is 4. The summed E-state index contributed by atoms with van der Waals surface area (Å²) < 4.78 is 44.0. The first kappa shape index (κ1) is 25.6. The number of anilines is 2. The van der Waals surface area contributed by atoms with Gasteiger partial charge < -0.3 is 19.7 Å². The fourth-order valence-corrected chi connectivity index (χ4v) is 6.18. The third-order valence-corrected chi connectivity index (χ3v) is 7.98. The number of aliphatic carboxylic acids is 1. The molecule has 6 nitrogen and oxygen atoms in total. The van der Waals surface area contributed by atoms with E-state index in [1.807, 2.05) is 24.3 Å². The Hall–Kier alpha value is -3.72. The van der Waals surface area contributed by atoms with E-state index in [4.69, 9.17) is 21.7 Å². The van der Waals surface area contributed by atoms with Gasteiger partial charge in [-0.3, -0.25) is 4.79 Å². The molecule has 2 atom stereocenters. The van der Waals surface area contributed by atoms with E-state index in [1.165, 1.54) is 35.4 Å². The van der Waals surface area contributed by atoms with E-state index in [2.05, 4.69) is 26.8 Å². The summed E-state index contributed by atoms with van der Waals surface area (Å²) >= 11 is 6.29. The van der Waals surface area contributed by atoms with Crippen LogP contribution in [-0.2, 0) is 23.1 Å². The number of carbonyl (C=O) groups is 1. The molecule has 1 fully saturated rings. The molecule has 1 spiro atoms. The van der Waals surface area contributed by atoms with Gasteiger partial charge in [-0.05, 0) is 97.3 Å². The summed E-state index contributed by atoms with van der Waals surface area (Å²) in [5.74, 6) is -0.590. The van der Waals surface area contributed by atoms with Gasteiger partial charge in [0.05, 0.1) is 11.0 Å². The Morgan fingerprint density at radius 3 is 2.69 bits per heavy atom. The van der Waals surface area contributed by atoms with Crippen molar-refractivity contribution in [3.05, 3.63) is 82.4 Å². The van der Waals surface area contributed by atoms with Crippen LogP contribution >= 0.6 is 11.6 Å². The van der Waals surface area contributed by atoms with Crippen molar-refractivity contribution in [2.45, 2.75) is 56.3 Å². The van der Waals surface area contributed by atoms with Gasteiger partial charge in [0.1, 0.15) is 5.75 Å². The standard InChI is InChI=1S/C29H25ClF3N3O3/c30-19-5-10-22-18(15-19)2-1-13-28(22)16-25(28)36-24-11-3-17(4-12-26(37)38)14-23(24)35-27(36)34-20-6-8-21(9-7-20)39-29(31,32)33/h3,5-11,14-15,25H,1-2,4,12-13,16H2,(H,34,35)(H,37,38). The molecule has 10 heteroatoms. The third kappa shape index (κ3) is 5.03. The van der Waals surface area contributed by atoms with Crippen LogP contribution in [0.4, 0.5) is 24.8 Å². The lowest BCUT2D eigenvalue weighted by atomic mass is 9.79. The maximum Gasteiger partial charge on any atom is 0.573 e. The molecule has 2 aliphatic rings. The van der Waals surface area contributed by atoms with Crippen molar-refractivity contribution < 1.29 is 27.8 Å². The van der Waals surface area contributed by atoms with E-state index in [0.717, 1.165) is 47.3 Å². The number of carboxylic acids is 1. The van der Waals surface area contributed by atoms with Crippen LogP contribution in [0.25, 0.3) is 11.0 Å². The van der Waals surface area contributed by atoms with Gasteiger partial charge in [0.25, 0.3) is 0 Å². The first-order chi connectivity index (χ1) is 18.6. The molecule has 0 aliphatic heterocycles. The van der Waals surface area contributed by atoms with E-state index < -0.39 is 12.3 Å². The van der Waals surface area contributed by atoms with Crippen molar-refractivity contribution >= 4 is 40.2 Å². The number of aryl methyl sites for hydroxylation is 2. The number of aromatic nitrogens is 2. The van der Waals surface area contributed by atoms with Crippen LogP contribution in [0.2, 0.25) is 5.02 Å². The van der Waals surface area contributed by atoms with Crippen LogP contribution in [0, 0.1) is 0 Å². The summed E-state index contributed by atoms with van der Waals surface area (Å²) in [4.78, 5) is 15.9. The Morgan fingerprint density at radius 2 is 1.95 bits per heavy atom. The predicted octanol–water partition coefficient (Wildman–Crippen LogP) is 7.57. The molecule has 1 saturated carbocycles. The second-order valence-corrected chi connectivity index (χ2v) is 10.7. The fraction of sp³-hybridized carbons (Fsp3) is 0.310. The number of halogens is 4. The Balaban J connectivity index is 1.38. The number of hydrogen-bond donors (Lipinski definition) is 2. The number of alkyl halides is 3. The lowest BCUT2D eigenvalue weighted by Gasteiger charge is -2.27. The highest BCUT2D eigenvalue weighted by atomic mass is 35.5. The molecular formula is C29H25ClF3N3O3. The maximum absolute atomic E-state index is 12.6. The largest absolute Gasteiger partial charge is 0.573 e. The summed E-state index contributed by atoms with van der Waals surface area (Å²) in [6, 6.07) is 17.6. The minimum atomic E-state index is -4.76. The molecule has 39 heavy (non-hydrogen) atoms. The average Bonchev–Trinajstić information content (AvgIpc) is 3.45. The van der Waals surface area contributed by atoms with Crippen molar-refractivity contribution in [1.82, 2.24) is 9.55 Å². The molecule has 2 unspecified atom stereocenters. The highest BCUT2D eigenvalue weighted by molar-refractivity contribution is 6.30. The summed E-state index contributed by atoms with van der Waals surface area (Å²) in [5, 5.41) is 13.1. The predicted molar refractivity (Wildman–Crippen MR) is 142 cm³/mol. The number of rotatable bonds is 7. The van der Waals surface area contributed by atoms with Crippen LogP contribution in [0.3, 0.4) is 0 Å². The van der Waals surface area contributed by atoms with Gasteiger partial charge in [-0.15, -0.1) is 13.2 Å². The topological polar surface area (TPSA) is 76.4 Å². The lowest BCUT2D eigenvalue weighted by Crippen LogP contribution is -2.20. The van der Waals surface area contributed by atoms with E-state index in [1.54, 1.807) is 0 Å². The molecule has 3 aromatic carbocycles. The van der Waals surface area contributed by atoms with E-state index >= 15 is 0 Å². The molecule has 4 aromatic rings. The SMILES string of the molecule is O=C(O)CCc1ccc2c(c1)nc(Nc1ccc(OC(F)(F)F)cc1)n2C1CC12CCCc1cc(Cl)ccc12. The Labute approximate surface area is 227 Å². The number of imidazole rings is 1. The van der Waals surface area contributed by atoms with E-state index in [-0.39, 0.29) is 23.6 Å². The molecule has 0 bridgehead atoms. The molecule has 2 N–H and O–H groups in total. The number of nitrogens with one attached hydrogen (secondary N) is 1. The molecular weight excluding hydrogens is 531 g/mol. The second-order valence-electron chi connectivity index (χ2n) is 10.3. The summed E-state index contributed by atoms with van der Waals surface area (Å²) in [7, 11) is 0. The zero-order valence-electron chi connectivity index (χ0n) is 20.8. The first-order valence-corrected chi connectivity index (χ1v) is 13.1. The molecule has 2 aliphatic carbocycles. The molecule has 1 heterocycles.